The van der Waals surface area contributed by atoms with Gasteiger partial charge in [-0.3, -0.25) is 4.79 Å². The van der Waals surface area contributed by atoms with Gasteiger partial charge >= 0.3 is 6.09 Å². The number of carboxylic acid groups (broad SMARTS) is 1. The summed E-state index contributed by atoms with van der Waals surface area (Å²) in [4.78, 5) is 25.5. The number of nitrogens with zero attached hydrogens (tertiary/aromatic N) is 2. The predicted molar refractivity (Wildman–Crippen MR) is 64.1 cm³/mol. The number of carbonyl (C=O) groups is 2. The molecular weight excluding hydrogens is 236 g/mol. The number of carbonyl (C=O) groups excluding carboxylic acids is 1. The molecular formula is C12H20N2O4. The Morgan fingerprint density at radius 3 is 2.33 bits per heavy atom. The Morgan fingerprint density at radius 1 is 1.17 bits per heavy atom. The van der Waals surface area contributed by atoms with Crippen LogP contribution in [0.4, 0.5) is 4.79 Å². The minimum Gasteiger partial charge on any atom is -0.465 e. The van der Waals surface area contributed by atoms with Gasteiger partial charge in [0.25, 0.3) is 5.91 Å². The van der Waals surface area contributed by atoms with Crippen molar-refractivity contribution in [1.82, 2.24) is 9.80 Å². The molecule has 0 radical (unpaired) electrons. The minimum atomic E-state index is -0.944. The Hall–Kier alpha value is -1.30. The Balaban J connectivity index is 1.85. The second-order valence-electron chi connectivity index (χ2n) is 5.31. The molecule has 6 nitrogen and oxygen atoms in total. The summed E-state index contributed by atoms with van der Waals surface area (Å²) in [5.41, 5.74) is 0. The van der Waals surface area contributed by atoms with E-state index in [0.717, 1.165) is 12.8 Å². The fraction of sp³-hybridized carbons (Fsp3) is 0.833. The summed E-state index contributed by atoms with van der Waals surface area (Å²) in [7, 11) is 0. The van der Waals surface area contributed by atoms with Crippen molar-refractivity contribution in [2.75, 3.05) is 26.2 Å². The van der Waals surface area contributed by atoms with Crippen LogP contribution in [0.3, 0.4) is 0 Å². The van der Waals surface area contributed by atoms with E-state index in [2.05, 4.69) is 0 Å². The van der Waals surface area contributed by atoms with Crippen molar-refractivity contribution >= 4 is 12.0 Å². The molecule has 6 heteroatoms. The van der Waals surface area contributed by atoms with E-state index in [0.29, 0.717) is 38.0 Å². The number of likely N-dealkylation sites (tertiary alicyclic amines) is 2. The van der Waals surface area contributed by atoms with Gasteiger partial charge in [0, 0.05) is 26.2 Å². The normalized spacial score (nSPS) is 26.7. The molecule has 2 aliphatic rings. The highest BCUT2D eigenvalue weighted by Crippen LogP contribution is 2.31. The van der Waals surface area contributed by atoms with Crippen molar-refractivity contribution < 1.29 is 19.8 Å². The molecule has 18 heavy (non-hydrogen) atoms. The second-order valence-corrected chi connectivity index (χ2v) is 5.31. The highest BCUT2D eigenvalue weighted by molar-refractivity contribution is 5.80. The number of hydrogen-bond acceptors (Lipinski definition) is 3. The predicted octanol–water partition coefficient (Wildman–Crippen LogP) is 0.216. The Bertz CT molecular complexity index is 339. The molecule has 0 aromatic rings. The summed E-state index contributed by atoms with van der Waals surface area (Å²) in [6.45, 7) is 4.01. The Labute approximate surface area is 106 Å². The van der Waals surface area contributed by atoms with Crippen LogP contribution >= 0.6 is 0 Å². The number of rotatable bonds is 2. The van der Waals surface area contributed by atoms with Crippen LogP contribution in [0.1, 0.15) is 19.8 Å². The van der Waals surface area contributed by atoms with Crippen LogP contribution < -0.4 is 0 Å². The van der Waals surface area contributed by atoms with Crippen LogP contribution in [-0.4, -0.2) is 64.3 Å². The molecule has 2 saturated heterocycles. The number of amides is 2. The number of piperidine rings is 1. The van der Waals surface area contributed by atoms with Crippen LogP contribution in [0.5, 0.6) is 0 Å². The van der Waals surface area contributed by atoms with E-state index in [1.165, 1.54) is 11.8 Å². The summed E-state index contributed by atoms with van der Waals surface area (Å²) in [6.07, 6.45) is 0.175. The van der Waals surface area contributed by atoms with Gasteiger partial charge < -0.3 is 20.0 Å². The van der Waals surface area contributed by atoms with Crippen molar-refractivity contribution in [2.24, 2.45) is 11.8 Å². The molecule has 2 atom stereocenters. The third-order valence-electron chi connectivity index (χ3n) is 3.97. The quantitative estimate of drug-likeness (QED) is 0.740. The molecule has 2 rings (SSSR count). The van der Waals surface area contributed by atoms with E-state index in [1.54, 1.807) is 4.90 Å². The molecule has 0 bridgehead atoms. The molecule has 2 N–H and O–H groups in total. The van der Waals surface area contributed by atoms with Crippen molar-refractivity contribution in [3.8, 4) is 0 Å². The van der Waals surface area contributed by atoms with Gasteiger partial charge in [0.2, 0.25) is 0 Å². The zero-order valence-electron chi connectivity index (χ0n) is 10.6. The molecule has 0 aromatic carbocycles. The molecule has 2 fully saturated rings. The lowest BCUT2D eigenvalue weighted by molar-refractivity contribution is -0.142. The summed E-state index contributed by atoms with van der Waals surface area (Å²) < 4.78 is 0. The largest absolute Gasteiger partial charge is 0.465 e. The molecule has 2 aliphatic heterocycles. The second kappa shape index (κ2) is 5.14. The zero-order valence-corrected chi connectivity index (χ0v) is 10.6. The topological polar surface area (TPSA) is 81.1 Å². The SMILES string of the molecule is C[C@@H](O)C(=O)N1CCC[C@H](C2CN(C(=O)O)C2)C1. The molecule has 0 unspecified atom stereocenters. The minimum absolute atomic E-state index is 0.214. The Kier molecular flexibility index (Phi) is 3.75. The van der Waals surface area contributed by atoms with E-state index in [1.807, 2.05) is 0 Å². The van der Waals surface area contributed by atoms with E-state index in [9.17, 15) is 14.7 Å². The Morgan fingerprint density at radius 2 is 1.78 bits per heavy atom. The van der Waals surface area contributed by atoms with Gasteiger partial charge in [0.15, 0.2) is 0 Å². The van der Waals surface area contributed by atoms with Crippen LogP contribution in [0, 0.1) is 11.8 Å². The van der Waals surface area contributed by atoms with Crippen molar-refractivity contribution in [3.05, 3.63) is 0 Å². The summed E-state index contributed by atoms with van der Waals surface area (Å²) >= 11 is 0. The molecule has 2 heterocycles. The van der Waals surface area contributed by atoms with Crippen molar-refractivity contribution in [3.63, 3.8) is 0 Å². The first kappa shape index (κ1) is 13.1. The van der Waals surface area contributed by atoms with Crippen LogP contribution in [0.25, 0.3) is 0 Å². The lowest BCUT2D eigenvalue weighted by Crippen LogP contribution is -2.56. The fourth-order valence-corrected chi connectivity index (χ4v) is 2.83. The van der Waals surface area contributed by atoms with Crippen LogP contribution in [-0.2, 0) is 4.79 Å². The molecule has 2 amide bonds. The maximum atomic E-state index is 11.7. The first-order chi connectivity index (χ1) is 8.49. The van der Waals surface area contributed by atoms with Gasteiger partial charge in [0.05, 0.1) is 0 Å². The van der Waals surface area contributed by atoms with Gasteiger partial charge in [0.1, 0.15) is 6.10 Å². The maximum Gasteiger partial charge on any atom is 0.407 e. The summed E-state index contributed by atoms with van der Waals surface area (Å²) in [5, 5.41) is 18.1. The first-order valence-corrected chi connectivity index (χ1v) is 6.43. The van der Waals surface area contributed by atoms with Crippen molar-refractivity contribution in [1.29, 1.82) is 0 Å². The van der Waals surface area contributed by atoms with E-state index in [-0.39, 0.29) is 5.91 Å². The number of aliphatic hydroxyl groups excluding tert-OH is 1. The number of aliphatic hydroxyl groups is 1. The van der Waals surface area contributed by atoms with E-state index in [4.69, 9.17) is 5.11 Å². The van der Waals surface area contributed by atoms with E-state index >= 15 is 0 Å². The first-order valence-electron chi connectivity index (χ1n) is 6.43. The molecule has 0 saturated carbocycles. The monoisotopic (exact) mass is 256 g/mol. The van der Waals surface area contributed by atoms with Gasteiger partial charge in [-0.2, -0.15) is 0 Å². The number of hydrogen-bond donors (Lipinski definition) is 2. The molecule has 102 valence electrons. The van der Waals surface area contributed by atoms with Gasteiger partial charge in [-0.15, -0.1) is 0 Å². The highest BCUT2D eigenvalue weighted by atomic mass is 16.4. The molecule has 0 spiro atoms. The van der Waals surface area contributed by atoms with Crippen LogP contribution in [0.15, 0.2) is 0 Å². The lowest BCUT2D eigenvalue weighted by atomic mass is 9.80. The standard InChI is InChI=1S/C12H20N2O4/c1-8(15)11(16)13-4-2-3-9(5-13)10-6-14(7-10)12(17)18/h8-10,15H,2-7H2,1H3,(H,17,18)/t8-,9+/m1/s1. The average Bonchev–Trinajstić information content (AvgIpc) is 2.25. The maximum absolute atomic E-state index is 11.7. The van der Waals surface area contributed by atoms with Gasteiger partial charge in [-0.25, -0.2) is 4.79 Å². The zero-order chi connectivity index (χ0) is 13.3. The summed E-state index contributed by atoms with van der Waals surface area (Å²) in [6, 6.07) is 0. The summed E-state index contributed by atoms with van der Waals surface area (Å²) in [5.74, 6) is 0.525. The van der Waals surface area contributed by atoms with Crippen LogP contribution in [0.2, 0.25) is 0 Å². The third-order valence-corrected chi connectivity index (χ3v) is 3.97. The molecule has 0 aliphatic carbocycles. The van der Waals surface area contributed by atoms with Gasteiger partial charge in [-0.05, 0) is 31.6 Å². The average molecular weight is 256 g/mol. The smallest absolute Gasteiger partial charge is 0.407 e. The molecule has 0 aromatic heterocycles. The highest BCUT2D eigenvalue weighted by Gasteiger charge is 2.38. The third kappa shape index (κ3) is 2.58. The van der Waals surface area contributed by atoms with Gasteiger partial charge in [-0.1, -0.05) is 0 Å². The van der Waals surface area contributed by atoms with Crippen molar-refractivity contribution in [2.45, 2.75) is 25.9 Å². The lowest BCUT2D eigenvalue weighted by Gasteiger charge is -2.45. The van der Waals surface area contributed by atoms with E-state index < -0.39 is 12.2 Å². The fourth-order valence-electron chi connectivity index (χ4n) is 2.83.